The molecule has 0 unspecified atom stereocenters. The van der Waals surface area contributed by atoms with Crippen LogP contribution in [-0.4, -0.2) is 4.98 Å². The van der Waals surface area contributed by atoms with Gasteiger partial charge in [0.05, 0.1) is 17.6 Å². The van der Waals surface area contributed by atoms with E-state index >= 15 is 0 Å². The fourth-order valence-electron chi connectivity index (χ4n) is 1.30. The molecular formula is C11H8F2N2. The predicted molar refractivity (Wildman–Crippen MR) is 54.0 cm³/mol. The van der Waals surface area contributed by atoms with E-state index in [-0.39, 0.29) is 5.69 Å². The Kier molecular flexibility index (Phi) is 2.33. The molecule has 0 aliphatic rings. The van der Waals surface area contributed by atoms with Crippen molar-refractivity contribution in [2.24, 2.45) is 0 Å². The lowest BCUT2D eigenvalue weighted by Gasteiger charge is -2.05. The van der Waals surface area contributed by atoms with Crippen molar-refractivity contribution < 1.29 is 8.78 Å². The number of halogens is 2. The van der Waals surface area contributed by atoms with Gasteiger partial charge in [-0.15, -0.1) is 0 Å². The first-order valence-electron chi connectivity index (χ1n) is 4.34. The van der Waals surface area contributed by atoms with Crippen LogP contribution in [0.25, 0.3) is 11.3 Å². The maximum absolute atomic E-state index is 13.1. The SMILES string of the molecule is Nc1c(F)cccc1-c1ccc(F)cn1. The lowest BCUT2D eigenvalue weighted by Crippen LogP contribution is -1.95. The summed E-state index contributed by atoms with van der Waals surface area (Å²) >= 11 is 0. The van der Waals surface area contributed by atoms with Crippen molar-refractivity contribution in [3.8, 4) is 11.3 Å². The van der Waals surface area contributed by atoms with Crippen LogP contribution in [0.4, 0.5) is 14.5 Å². The summed E-state index contributed by atoms with van der Waals surface area (Å²) in [6, 6.07) is 7.15. The van der Waals surface area contributed by atoms with Gasteiger partial charge in [0.15, 0.2) is 0 Å². The molecule has 0 aliphatic heterocycles. The highest BCUT2D eigenvalue weighted by Crippen LogP contribution is 2.25. The van der Waals surface area contributed by atoms with Crippen LogP contribution in [0.15, 0.2) is 36.5 Å². The standard InChI is InChI=1S/C11H8F2N2/c12-7-4-5-10(15-6-7)8-2-1-3-9(13)11(8)14/h1-6H,14H2. The lowest BCUT2D eigenvalue weighted by molar-refractivity contribution is 0.621. The van der Waals surface area contributed by atoms with Crippen LogP contribution in [0.3, 0.4) is 0 Å². The van der Waals surface area contributed by atoms with Gasteiger partial charge in [-0.25, -0.2) is 8.78 Å². The molecule has 0 fully saturated rings. The molecule has 0 spiro atoms. The van der Waals surface area contributed by atoms with Gasteiger partial charge in [-0.2, -0.15) is 0 Å². The molecule has 15 heavy (non-hydrogen) atoms. The number of aromatic nitrogens is 1. The molecule has 2 nitrogen and oxygen atoms in total. The summed E-state index contributed by atoms with van der Waals surface area (Å²) in [6.07, 6.45) is 1.07. The van der Waals surface area contributed by atoms with Gasteiger partial charge in [0.25, 0.3) is 0 Å². The van der Waals surface area contributed by atoms with Gasteiger partial charge in [0, 0.05) is 5.56 Å². The van der Waals surface area contributed by atoms with E-state index in [1.165, 1.54) is 24.3 Å². The topological polar surface area (TPSA) is 38.9 Å². The van der Waals surface area contributed by atoms with Crippen LogP contribution in [0.2, 0.25) is 0 Å². The summed E-state index contributed by atoms with van der Waals surface area (Å²) < 4.78 is 25.7. The lowest BCUT2D eigenvalue weighted by atomic mass is 10.1. The summed E-state index contributed by atoms with van der Waals surface area (Å²) in [5.41, 5.74) is 6.49. The van der Waals surface area contributed by atoms with Crippen LogP contribution in [0, 0.1) is 11.6 Å². The highest BCUT2D eigenvalue weighted by molar-refractivity contribution is 5.73. The normalized spacial score (nSPS) is 10.3. The van der Waals surface area contributed by atoms with Gasteiger partial charge in [-0.1, -0.05) is 12.1 Å². The van der Waals surface area contributed by atoms with Gasteiger partial charge < -0.3 is 5.73 Å². The zero-order valence-corrected chi connectivity index (χ0v) is 7.74. The van der Waals surface area contributed by atoms with E-state index in [4.69, 9.17) is 5.73 Å². The molecule has 0 aliphatic carbocycles. The Morgan fingerprint density at radius 3 is 2.53 bits per heavy atom. The molecule has 0 radical (unpaired) electrons. The second-order valence-electron chi connectivity index (χ2n) is 3.06. The number of rotatable bonds is 1. The van der Waals surface area contributed by atoms with Crippen LogP contribution in [-0.2, 0) is 0 Å². The number of anilines is 1. The van der Waals surface area contributed by atoms with E-state index in [2.05, 4.69) is 4.98 Å². The monoisotopic (exact) mass is 206 g/mol. The Hall–Kier alpha value is -1.97. The molecule has 1 aromatic heterocycles. The van der Waals surface area contributed by atoms with Gasteiger partial charge in [-0.3, -0.25) is 4.98 Å². The Labute approximate surface area is 85.4 Å². The summed E-state index contributed by atoms with van der Waals surface area (Å²) in [6.45, 7) is 0. The van der Waals surface area contributed by atoms with Gasteiger partial charge in [0.1, 0.15) is 11.6 Å². The fourth-order valence-corrected chi connectivity index (χ4v) is 1.30. The van der Waals surface area contributed by atoms with Crippen molar-refractivity contribution in [2.45, 2.75) is 0 Å². The average Bonchev–Trinajstić information content (AvgIpc) is 2.24. The van der Waals surface area contributed by atoms with E-state index in [1.807, 2.05) is 0 Å². The molecule has 0 atom stereocenters. The van der Waals surface area contributed by atoms with Gasteiger partial charge in [-0.05, 0) is 18.2 Å². The van der Waals surface area contributed by atoms with E-state index in [9.17, 15) is 8.78 Å². The van der Waals surface area contributed by atoms with Crippen LogP contribution in [0.5, 0.6) is 0 Å². The Morgan fingerprint density at radius 2 is 1.87 bits per heavy atom. The largest absolute Gasteiger partial charge is 0.396 e. The highest BCUT2D eigenvalue weighted by atomic mass is 19.1. The van der Waals surface area contributed by atoms with Crippen molar-refractivity contribution in [3.05, 3.63) is 48.2 Å². The van der Waals surface area contributed by atoms with E-state index in [0.29, 0.717) is 11.3 Å². The first-order valence-corrected chi connectivity index (χ1v) is 4.34. The smallest absolute Gasteiger partial charge is 0.146 e. The number of benzene rings is 1. The summed E-state index contributed by atoms with van der Waals surface area (Å²) in [7, 11) is 0. The van der Waals surface area contributed by atoms with Gasteiger partial charge >= 0.3 is 0 Å². The molecule has 1 aromatic carbocycles. The molecule has 2 aromatic rings. The third-order valence-electron chi connectivity index (χ3n) is 2.06. The molecule has 0 amide bonds. The molecular weight excluding hydrogens is 198 g/mol. The van der Waals surface area contributed by atoms with Crippen LogP contribution in [0.1, 0.15) is 0 Å². The third kappa shape index (κ3) is 1.79. The third-order valence-corrected chi connectivity index (χ3v) is 2.06. The second-order valence-corrected chi connectivity index (χ2v) is 3.06. The maximum Gasteiger partial charge on any atom is 0.146 e. The summed E-state index contributed by atoms with van der Waals surface area (Å²) in [5.74, 6) is -0.938. The van der Waals surface area contributed by atoms with Crippen LogP contribution < -0.4 is 5.73 Å². The Morgan fingerprint density at radius 1 is 1.07 bits per heavy atom. The van der Waals surface area contributed by atoms with Gasteiger partial charge in [0.2, 0.25) is 0 Å². The van der Waals surface area contributed by atoms with Crippen LogP contribution >= 0.6 is 0 Å². The number of pyridine rings is 1. The Balaban J connectivity index is 2.54. The molecule has 2 N–H and O–H groups in total. The van der Waals surface area contributed by atoms with Crippen molar-refractivity contribution >= 4 is 5.69 Å². The predicted octanol–water partition coefficient (Wildman–Crippen LogP) is 2.61. The Bertz CT molecular complexity index is 480. The van der Waals surface area contributed by atoms with Crippen molar-refractivity contribution in [1.29, 1.82) is 0 Å². The molecule has 76 valence electrons. The number of nitrogens with two attached hydrogens (primary N) is 1. The van der Waals surface area contributed by atoms with E-state index in [1.54, 1.807) is 6.07 Å². The summed E-state index contributed by atoms with van der Waals surface area (Å²) in [4.78, 5) is 3.83. The molecule has 2 rings (SSSR count). The average molecular weight is 206 g/mol. The quantitative estimate of drug-likeness (QED) is 0.728. The van der Waals surface area contributed by atoms with Crippen molar-refractivity contribution in [1.82, 2.24) is 4.98 Å². The highest BCUT2D eigenvalue weighted by Gasteiger charge is 2.07. The van der Waals surface area contributed by atoms with Crippen molar-refractivity contribution in [2.75, 3.05) is 5.73 Å². The summed E-state index contributed by atoms with van der Waals surface area (Å²) in [5, 5.41) is 0. The molecule has 0 saturated carbocycles. The number of hydrogen-bond acceptors (Lipinski definition) is 2. The molecule has 0 saturated heterocycles. The maximum atomic E-state index is 13.1. The number of para-hydroxylation sites is 1. The van der Waals surface area contributed by atoms with Crippen molar-refractivity contribution in [3.63, 3.8) is 0 Å². The first-order chi connectivity index (χ1) is 7.18. The minimum absolute atomic E-state index is 0.0246. The zero-order valence-electron chi connectivity index (χ0n) is 7.74. The number of nitrogens with zero attached hydrogens (tertiary/aromatic N) is 1. The molecule has 0 bridgehead atoms. The number of hydrogen-bond donors (Lipinski definition) is 1. The minimum Gasteiger partial charge on any atom is -0.396 e. The second kappa shape index (κ2) is 3.65. The minimum atomic E-state index is -0.501. The zero-order chi connectivity index (χ0) is 10.8. The van der Waals surface area contributed by atoms with E-state index in [0.717, 1.165) is 6.20 Å². The van der Waals surface area contributed by atoms with E-state index < -0.39 is 11.6 Å². The molecule has 4 heteroatoms. The molecule has 1 heterocycles. The first kappa shape index (κ1) is 9.58. The fraction of sp³-hybridized carbons (Fsp3) is 0. The number of nitrogen functional groups attached to an aromatic ring is 1.